The van der Waals surface area contributed by atoms with Gasteiger partial charge in [0.1, 0.15) is 0 Å². The molecule has 1 aromatic rings. The molecule has 1 rings (SSSR count). The van der Waals surface area contributed by atoms with Gasteiger partial charge in [0.15, 0.2) is 9.84 Å². The lowest BCUT2D eigenvalue weighted by Gasteiger charge is -2.01. The first-order valence-electron chi connectivity index (χ1n) is 4.01. The maximum absolute atomic E-state index is 12.1. The van der Waals surface area contributed by atoms with E-state index in [0.717, 1.165) is 0 Å². The molecule has 0 saturated carbocycles. The number of sulfone groups is 1. The third-order valence-corrected chi connectivity index (χ3v) is 4.38. The molecule has 0 aliphatic heterocycles. The molecule has 7 heteroatoms. The molecular formula is C8H9FO4S2. The fraction of sp³-hybridized carbons (Fsp3) is 0.250. The van der Waals surface area contributed by atoms with Crippen molar-refractivity contribution in [3.05, 3.63) is 30.3 Å². The Morgan fingerprint density at radius 2 is 1.47 bits per heavy atom. The Bertz CT molecular complexity index is 519. The minimum absolute atomic E-state index is 0.00588. The molecule has 0 heterocycles. The SMILES string of the molecule is O=S(=O)(F)CCS(=O)(=O)c1ccccc1. The van der Waals surface area contributed by atoms with Crippen LogP contribution in [0, 0.1) is 0 Å². The van der Waals surface area contributed by atoms with Gasteiger partial charge in [-0.2, -0.15) is 8.42 Å². The molecular weight excluding hydrogens is 243 g/mol. The smallest absolute Gasteiger partial charge is 0.224 e. The van der Waals surface area contributed by atoms with Gasteiger partial charge in [0, 0.05) is 0 Å². The van der Waals surface area contributed by atoms with Gasteiger partial charge in [0.2, 0.25) is 0 Å². The van der Waals surface area contributed by atoms with Gasteiger partial charge < -0.3 is 0 Å². The summed E-state index contributed by atoms with van der Waals surface area (Å²) in [6, 6.07) is 7.32. The van der Waals surface area contributed by atoms with Crippen LogP contribution in [0.5, 0.6) is 0 Å². The second-order valence-corrected chi connectivity index (χ2v) is 6.47. The van der Waals surface area contributed by atoms with Gasteiger partial charge in [0.25, 0.3) is 0 Å². The molecule has 4 nitrogen and oxygen atoms in total. The molecule has 84 valence electrons. The summed E-state index contributed by atoms with van der Waals surface area (Å²) in [5.74, 6) is -1.75. The van der Waals surface area contributed by atoms with E-state index < -0.39 is 31.6 Å². The fourth-order valence-corrected chi connectivity index (χ4v) is 3.44. The van der Waals surface area contributed by atoms with Crippen LogP contribution in [0.2, 0.25) is 0 Å². The van der Waals surface area contributed by atoms with Gasteiger partial charge in [0.05, 0.1) is 16.4 Å². The van der Waals surface area contributed by atoms with Gasteiger partial charge in [-0.15, -0.1) is 3.89 Å². The standard InChI is InChI=1S/C8H9FO4S2/c9-15(12,13)7-6-14(10,11)8-4-2-1-3-5-8/h1-5H,6-7H2. The van der Waals surface area contributed by atoms with E-state index in [1.54, 1.807) is 6.07 Å². The van der Waals surface area contributed by atoms with Crippen LogP contribution in [0.25, 0.3) is 0 Å². The lowest BCUT2D eigenvalue weighted by atomic mass is 10.4. The van der Waals surface area contributed by atoms with Crippen molar-refractivity contribution in [3.63, 3.8) is 0 Å². The van der Waals surface area contributed by atoms with Gasteiger partial charge in [-0.1, -0.05) is 18.2 Å². The van der Waals surface area contributed by atoms with Crippen molar-refractivity contribution < 1.29 is 20.7 Å². The molecule has 0 N–H and O–H groups in total. The highest BCUT2D eigenvalue weighted by Gasteiger charge is 2.18. The zero-order chi connectivity index (χ0) is 11.5. The average Bonchev–Trinajstić information content (AvgIpc) is 2.16. The summed E-state index contributed by atoms with van der Waals surface area (Å²) in [6.45, 7) is 0. The van der Waals surface area contributed by atoms with Crippen LogP contribution >= 0.6 is 0 Å². The first kappa shape index (κ1) is 12.1. The molecule has 1 aromatic carbocycles. The zero-order valence-electron chi connectivity index (χ0n) is 7.63. The minimum Gasteiger partial charge on any atom is -0.224 e. The lowest BCUT2D eigenvalue weighted by molar-refractivity contribution is 0.551. The topological polar surface area (TPSA) is 68.3 Å². The average molecular weight is 252 g/mol. The molecule has 0 saturated heterocycles. The summed E-state index contributed by atoms with van der Waals surface area (Å²) in [7, 11) is -8.46. The first-order chi connectivity index (χ1) is 6.81. The number of benzene rings is 1. The molecule has 0 amide bonds. The van der Waals surface area contributed by atoms with Gasteiger partial charge in [-0.25, -0.2) is 8.42 Å². The molecule has 0 fully saturated rings. The molecule has 0 bridgehead atoms. The molecule has 0 aromatic heterocycles. The van der Waals surface area contributed by atoms with Crippen molar-refractivity contribution in [1.29, 1.82) is 0 Å². The number of halogens is 1. The second-order valence-electron chi connectivity index (χ2n) is 2.87. The van der Waals surface area contributed by atoms with Crippen LogP contribution in [0.4, 0.5) is 3.89 Å². The van der Waals surface area contributed by atoms with E-state index in [1.165, 1.54) is 24.3 Å². The third-order valence-electron chi connectivity index (χ3n) is 1.70. The Labute approximate surface area is 87.9 Å². The predicted octanol–water partition coefficient (Wildman–Crippen LogP) is 0.760. The molecule has 0 atom stereocenters. The van der Waals surface area contributed by atoms with E-state index >= 15 is 0 Å². The maximum Gasteiger partial charge on any atom is 0.303 e. The summed E-state index contributed by atoms with van der Waals surface area (Å²) in [4.78, 5) is -0.00588. The van der Waals surface area contributed by atoms with E-state index in [-0.39, 0.29) is 4.90 Å². The first-order valence-corrected chi connectivity index (χ1v) is 7.22. The lowest BCUT2D eigenvalue weighted by Crippen LogP contribution is -2.14. The molecule has 0 aliphatic carbocycles. The van der Waals surface area contributed by atoms with E-state index in [1.807, 2.05) is 0 Å². The van der Waals surface area contributed by atoms with Crippen LogP contribution in [0.15, 0.2) is 35.2 Å². The van der Waals surface area contributed by atoms with Gasteiger partial charge >= 0.3 is 10.2 Å². The predicted molar refractivity (Wildman–Crippen MR) is 53.4 cm³/mol. The molecule has 0 radical (unpaired) electrons. The van der Waals surface area contributed by atoms with Gasteiger partial charge in [-0.05, 0) is 12.1 Å². The summed E-state index contributed by atoms with van der Waals surface area (Å²) in [6.07, 6.45) is 0. The third kappa shape index (κ3) is 3.96. The van der Waals surface area contributed by atoms with E-state index in [4.69, 9.17) is 0 Å². The van der Waals surface area contributed by atoms with Crippen LogP contribution in [0.3, 0.4) is 0 Å². The normalized spacial score (nSPS) is 12.6. The summed E-state index contributed by atoms with van der Waals surface area (Å²) in [5, 5.41) is 0. The quantitative estimate of drug-likeness (QED) is 0.742. The van der Waals surface area contributed by atoms with Crippen molar-refractivity contribution in [2.45, 2.75) is 4.90 Å². The summed E-state index contributed by atoms with van der Waals surface area (Å²) in [5.41, 5.74) is 0. The maximum atomic E-state index is 12.1. The van der Waals surface area contributed by atoms with Crippen molar-refractivity contribution in [3.8, 4) is 0 Å². The number of hydrogen-bond donors (Lipinski definition) is 0. The highest BCUT2D eigenvalue weighted by molar-refractivity contribution is 7.93. The Morgan fingerprint density at radius 3 is 1.93 bits per heavy atom. The van der Waals surface area contributed by atoms with Crippen LogP contribution < -0.4 is 0 Å². The minimum atomic E-state index is -4.74. The number of rotatable bonds is 4. The molecule has 0 aliphatic rings. The van der Waals surface area contributed by atoms with Gasteiger partial charge in [-0.3, -0.25) is 0 Å². The van der Waals surface area contributed by atoms with Crippen LogP contribution in [-0.4, -0.2) is 28.3 Å². The van der Waals surface area contributed by atoms with Crippen molar-refractivity contribution >= 4 is 20.1 Å². The molecule has 15 heavy (non-hydrogen) atoms. The Balaban J connectivity index is 2.87. The monoisotopic (exact) mass is 252 g/mol. The second kappa shape index (κ2) is 4.28. The largest absolute Gasteiger partial charge is 0.303 e. The molecule has 0 spiro atoms. The Hall–Kier alpha value is -0.950. The number of hydrogen-bond acceptors (Lipinski definition) is 4. The highest BCUT2D eigenvalue weighted by atomic mass is 32.3. The van der Waals surface area contributed by atoms with Crippen molar-refractivity contribution in [1.82, 2.24) is 0 Å². The van der Waals surface area contributed by atoms with E-state index in [9.17, 15) is 20.7 Å². The van der Waals surface area contributed by atoms with Crippen LogP contribution in [-0.2, 0) is 20.1 Å². The zero-order valence-corrected chi connectivity index (χ0v) is 9.26. The fourth-order valence-electron chi connectivity index (χ4n) is 0.955. The van der Waals surface area contributed by atoms with E-state index in [0.29, 0.717) is 0 Å². The summed E-state index contributed by atoms with van der Waals surface area (Å²) < 4.78 is 55.4. The highest BCUT2D eigenvalue weighted by Crippen LogP contribution is 2.10. The Kier molecular flexibility index (Phi) is 3.46. The van der Waals surface area contributed by atoms with E-state index in [2.05, 4.69) is 0 Å². The van der Waals surface area contributed by atoms with Crippen molar-refractivity contribution in [2.24, 2.45) is 0 Å². The molecule has 0 unspecified atom stereocenters. The summed E-state index contributed by atoms with van der Waals surface area (Å²) >= 11 is 0. The Morgan fingerprint density at radius 1 is 0.933 bits per heavy atom. The van der Waals surface area contributed by atoms with Crippen molar-refractivity contribution in [2.75, 3.05) is 11.5 Å². The van der Waals surface area contributed by atoms with Crippen LogP contribution in [0.1, 0.15) is 0 Å².